The summed E-state index contributed by atoms with van der Waals surface area (Å²) in [5, 5.41) is 0. The number of amides is 1. The molecule has 1 atom stereocenters. The maximum Gasteiger partial charge on any atom is 0.256 e. The van der Waals surface area contributed by atoms with E-state index in [4.69, 9.17) is 5.73 Å². The van der Waals surface area contributed by atoms with Gasteiger partial charge in [-0.1, -0.05) is 25.5 Å². The normalized spacial score (nSPS) is 22.0. The monoisotopic (exact) mass is 258 g/mol. The van der Waals surface area contributed by atoms with Crippen molar-refractivity contribution < 1.29 is 4.79 Å². The molecule has 3 rings (SSSR count). The molecule has 19 heavy (non-hydrogen) atoms. The van der Waals surface area contributed by atoms with Crippen LogP contribution in [0.3, 0.4) is 0 Å². The Morgan fingerprint density at radius 1 is 1.42 bits per heavy atom. The maximum absolute atomic E-state index is 12.7. The summed E-state index contributed by atoms with van der Waals surface area (Å²) in [5.41, 5.74) is 8.88. The largest absolute Gasteiger partial charge is 0.398 e. The molecular formula is C16H22N2O. The first-order valence-corrected chi connectivity index (χ1v) is 7.29. The highest BCUT2D eigenvalue weighted by atomic mass is 16.2. The van der Waals surface area contributed by atoms with Crippen LogP contribution in [-0.4, -0.2) is 23.4 Å². The Hall–Kier alpha value is -1.51. The third-order valence-corrected chi connectivity index (χ3v) is 5.05. The van der Waals surface area contributed by atoms with Gasteiger partial charge in [-0.25, -0.2) is 0 Å². The average molecular weight is 258 g/mol. The van der Waals surface area contributed by atoms with Crippen molar-refractivity contribution in [2.45, 2.75) is 51.0 Å². The summed E-state index contributed by atoms with van der Waals surface area (Å²) in [6.07, 6.45) is 4.62. The molecule has 1 aliphatic carbocycles. The van der Waals surface area contributed by atoms with Gasteiger partial charge in [-0.3, -0.25) is 4.79 Å². The number of benzene rings is 1. The molecule has 3 nitrogen and oxygen atoms in total. The summed E-state index contributed by atoms with van der Waals surface area (Å²) in [5.74, 6) is 0.125. The van der Waals surface area contributed by atoms with Crippen LogP contribution in [0.1, 0.15) is 55.5 Å². The van der Waals surface area contributed by atoms with E-state index in [1.807, 2.05) is 17.0 Å². The lowest BCUT2D eigenvalue weighted by Crippen LogP contribution is -2.55. The van der Waals surface area contributed by atoms with Crippen molar-refractivity contribution in [1.29, 1.82) is 0 Å². The van der Waals surface area contributed by atoms with Crippen molar-refractivity contribution in [3.8, 4) is 0 Å². The highest BCUT2D eigenvalue weighted by molar-refractivity contribution is 6.02. The molecule has 2 aliphatic rings. The minimum absolute atomic E-state index is 0.125. The summed E-state index contributed by atoms with van der Waals surface area (Å²) in [7, 11) is 0. The number of nitrogen functional groups attached to an aromatic ring is 1. The lowest BCUT2D eigenvalue weighted by Gasteiger charge is -2.51. The first-order valence-electron chi connectivity index (χ1n) is 7.29. The number of hydrogen-bond donors (Lipinski definition) is 1. The van der Waals surface area contributed by atoms with E-state index in [2.05, 4.69) is 19.9 Å². The molecule has 1 heterocycles. The zero-order valence-electron chi connectivity index (χ0n) is 11.8. The third-order valence-electron chi connectivity index (χ3n) is 5.05. The summed E-state index contributed by atoms with van der Waals surface area (Å²) in [6, 6.07) is 6.23. The molecule has 0 bridgehead atoms. The Bertz CT molecular complexity index is 519. The molecule has 102 valence electrons. The van der Waals surface area contributed by atoms with Gasteiger partial charge in [0.1, 0.15) is 0 Å². The van der Waals surface area contributed by atoms with Crippen molar-refractivity contribution in [1.82, 2.24) is 4.90 Å². The maximum atomic E-state index is 12.7. The number of carbonyl (C=O) groups excluding carboxylic acids is 1. The average Bonchev–Trinajstić information content (AvgIpc) is 2.36. The molecule has 0 saturated heterocycles. The van der Waals surface area contributed by atoms with Gasteiger partial charge in [0, 0.05) is 23.7 Å². The Morgan fingerprint density at radius 2 is 2.16 bits per heavy atom. The fourth-order valence-corrected chi connectivity index (χ4v) is 3.48. The first kappa shape index (κ1) is 12.5. The molecule has 1 spiro atoms. The van der Waals surface area contributed by atoms with Crippen molar-refractivity contribution >= 4 is 11.6 Å². The Labute approximate surface area is 114 Å². The van der Waals surface area contributed by atoms with Gasteiger partial charge in [-0.15, -0.1) is 0 Å². The van der Waals surface area contributed by atoms with E-state index < -0.39 is 0 Å². The van der Waals surface area contributed by atoms with Crippen molar-refractivity contribution in [3.63, 3.8) is 0 Å². The summed E-state index contributed by atoms with van der Waals surface area (Å²) in [6.45, 7) is 5.14. The van der Waals surface area contributed by atoms with Crippen LogP contribution in [0.25, 0.3) is 0 Å². The highest BCUT2D eigenvalue weighted by Gasteiger charge is 2.48. The van der Waals surface area contributed by atoms with Gasteiger partial charge >= 0.3 is 0 Å². The van der Waals surface area contributed by atoms with E-state index in [9.17, 15) is 4.79 Å². The van der Waals surface area contributed by atoms with Crippen LogP contribution < -0.4 is 5.73 Å². The minimum Gasteiger partial charge on any atom is -0.398 e. The lowest BCUT2D eigenvalue weighted by atomic mass is 9.61. The van der Waals surface area contributed by atoms with Gasteiger partial charge in [0.25, 0.3) is 5.91 Å². The molecule has 1 saturated carbocycles. The minimum atomic E-state index is 0.125. The molecule has 0 radical (unpaired) electrons. The molecule has 3 heteroatoms. The number of nitrogens with zero attached hydrogens (tertiary/aromatic N) is 1. The number of rotatable bonds is 2. The SMILES string of the molecule is CCC(C)N1CC2(CCC2)c2cccc(N)c2C1=O. The zero-order chi connectivity index (χ0) is 13.6. The Kier molecular flexibility index (Phi) is 2.80. The fourth-order valence-electron chi connectivity index (χ4n) is 3.48. The molecule has 2 N–H and O–H groups in total. The van der Waals surface area contributed by atoms with Crippen LogP contribution >= 0.6 is 0 Å². The molecule has 1 amide bonds. The number of nitrogens with two attached hydrogens (primary N) is 1. The van der Waals surface area contributed by atoms with Crippen LogP contribution in [0.5, 0.6) is 0 Å². The second-order valence-corrected chi connectivity index (χ2v) is 6.09. The molecule has 1 fully saturated rings. The second-order valence-electron chi connectivity index (χ2n) is 6.09. The quantitative estimate of drug-likeness (QED) is 0.829. The van der Waals surface area contributed by atoms with Crippen molar-refractivity contribution in [2.24, 2.45) is 0 Å². The number of carbonyl (C=O) groups is 1. The van der Waals surface area contributed by atoms with E-state index >= 15 is 0 Å². The van der Waals surface area contributed by atoms with Crippen molar-refractivity contribution in [2.75, 3.05) is 12.3 Å². The number of anilines is 1. The molecule has 1 aromatic rings. The highest BCUT2D eigenvalue weighted by Crippen LogP contribution is 2.49. The standard InChI is InChI=1S/C16H22N2O/c1-3-11(2)18-10-16(8-5-9-16)12-6-4-7-13(17)14(12)15(18)19/h4,6-7,11H,3,5,8-10,17H2,1-2H3. The predicted octanol–water partition coefficient (Wildman–Crippen LogP) is 2.94. The van der Waals surface area contributed by atoms with Gasteiger partial charge < -0.3 is 10.6 Å². The third kappa shape index (κ3) is 1.67. The van der Waals surface area contributed by atoms with Gasteiger partial charge in [0.2, 0.25) is 0 Å². The predicted molar refractivity (Wildman–Crippen MR) is 77.2 cm³/mol. The van der Waals surface area contributed by atoms with Crippen LogP contribution in [0, 0.1) is 0 Å². The Balaban J connectivity index is 2.12. The number of fused-ring (bicyclic) bond motifs is 2. The molecule has 1 aromatic carbocycles. The van der Waals surface area contributed by atoms with Gasteiger partial charge in [-0.05, 0) is 37.8 Å². The zero-order valence-corrected chi connectivity index (χ0v) is 11.8. The molecule has 1 unspecified atom stereocenters. The summed E-state index contributed by atoms with van der Waals surface area (Å²) >= 11 is 0. The smallest absolute Gasteiger partial charge is 0.256 e. The first-order chi connectivity index (χ1) is 9.09. The van der Waals surface area contributed by atoms with E-state index in [1.54, 1.807) is 0 Å². The summed E-state index contributed by atoms with van der Waals surface area (Å²) < 4.78 is 0. The van der Waals surface area contributed by atoms with Crippen LogP contribution in [0.2, 0.25) is 0 Å². The van der Waals surface area contributed by atoms with Crippen LogP contribution in [0.15, 0.2) is 18.2 Å². The van der Waals surface area contributed by atoms with Gasteiger partial charge in [-0.2, -0.15) is 0 Å². The van der Waals surface area contributed by atoms with E-state index in [0.29, 0.717) is 5.69 Å². The molecule has 1 aliphatic heterocycles. The van der Waals surface area contributed by atoms with Gasteiger partial charge in [0.15, 0.2) is 0 Å². The van der Waals surface area contributed by atoms with E-state index in [1.165, 1.54) is 24.8 Å². The second kappa shape index (κ2) is 4.26. The lowest BCUT2D eigenvalue weighted by molar-refractivity contribution is 0.0491. The Morgan fingerprint density at radius 3 is 2.74 bits per heavy atom. The number of hydrogen-bond acceptors (Lipinski definition) is 2. The van der Waals surface area contributed by atoms with Crippen LogP contribution in [-0.2, 0) is 5.41 Å². The molecular weight excluding hydrogens is 236 g/mol. The van der Waals surface area contributed by atoms with Gasteiger partial charge in [0.05, 0.1) is 5.56 Å². The van der Waals surface area contributed by atoms with Crippen LogP contribution in [0.4, 0.5) is 5.69 Å². The van der Waals surface area contributed by atoms with E-state index in [-0.39, 0.29) is 17.4 Å². The molecule has 0 aromatic heterocycles. The fraction of sp³-hybridized carbons (Fsp3) is 0.562. The van der Waals surface area contributed by atoms with E-state index in [0.717, 1.165) is 18.5 Å². The topological polar surface area (TPSA) is 46.3 Å². The van der Waals surface area contributed by atoms with Crippen molar-refractivity contribution in [3.05, 3.63) is 29.3 Å². The summed E-state index contributed by atoms with van der Waals surface area (Å²) in [4.78, 5) is 14.8.